The molecule has 234 valence electrons. The van der Waals surface area contributed by atoms with Crippen LogP contribution >= 0.6 is 0 Å². The van der Waals surface area contributed by atoms with Crippen LogP contribution in [0.1, 0.15) is 35.1 Å². The molecule has 0 amide bonds. The molecule has 0 fully saturated rings. The molecule has 5 aromatic rings. The summed E-state index contributed by atoms with van der Waals surface area (Å²) in [4.78, 5) is 0. The van der Waals surface area contributed by atoms with Crippen molar-refractivity contribution in [3.05, 3.63) is 179 Å². The topological polar surface area (TPSA) is 58.9 Å². The van der Waals surface area contributed by atoms with Crippen molar-refractivity contribution in [1.29, 1.82) is 0 Å². The lowest BCUT2D eigenvalue weighted by Crippen LogP contribution is -2.28. The van der Waals surface area contributed by atoms with Crippen LogP contribution < -0.4 is 4.74 Å². The first-order valence-electron chi connectivity index (χ1n) is 16.3. The Labute approximate surface area is 276 Å². The normalized spacial score (nSPS) is 14.6. The molecule has 0 radical (unpaired) electrons. The van der Waals surface area contributed by atoms with Crippen LogP contribution in [-0.4, -0.2) is 36.6 Å². The van der Waals surface area contributed by atoms with Gasteiger partial charge in [0.15, 0.2) is 0 Å². The third-order valence-electron chi connectivity index (χ3n) is 9.15. The van der Waals surface area contributed by atoms with Gasteiger partial charge in [-0.15, -0.1) is 0 Å². The Morgan fingerprint density at radius 2 is 1.17 bits per heavy atom. The molecule has 5 aromatic carbocycles. The van der Waals surface area contributed by atoms with E-state index in [0.29, 0.717) is 6.42 Å². The molecule has 47 heavy (non-hydrogen) atoms. The number of hydrogen-bond acceptors (Lipinski definition) is 4. The molecule has 0 unspecified atom stereocenters. The van der Waals surface area contributed by atoms with Gasteiger partial charge in [-0.05, 0) is 81.6 Å². The highest BCUT2D eigenvalue weighted by Crippen LogP contribution is 2.56. The van der Waals surface area contributed by atoms with Crippen molar-refractivity contribution in [2.75, 3.05) is 26.4 Å². The molecule has 2 aliphatic rings. The zero-order valence-corrected chi connectivity index (χ0v) is 26.3. The fourth-order valence-electron chi connectivity index (χ4n) is 7.16. The van der Waals surface area contributed by atoms with Crippen molar-refractivity contribution in [3.8, 4) is 28.0 Å². The predicted octanol–water partition coefficient (Wildman–Crippen LogP) is 8.74. The highest BCUT2D eigenvalue weighted by Gasteiger charge is 2.45. The molecule has 4 heteroatoms. The summed E-state index contributed by atoms with van der Waals surface area (Å²) in [7, 11) is 0. The fraction of sp³-hybridized carbons (Fsp3) is 0.163. The van der Waals surface area contributed by atoms with Gasteiger partial charge < -0.3 is 19.7 Å². The molecule has 0 atom stereocenters. The third kappa shape index (κ3) is 5.83. The number of rotatable bonds is 11. The second-order valence-electron chi connectivity index (χ2n) is 11.9. The van der Waals surface area contributed by atoms with Gasteiger partial charge in [0.2, 0.25) is 0 Å². The Morgan fingerprint density at radius 1 is 0.574 bits per heavy atom. The number of benzene rings is 5. The van der Waals surface area contributed by atoms with Crippen LogP contribution in [0.2, 0.25) is 0 Å². The lowest BCUT2D eigenvalue weighted by Gasteiger charge is -2.34. The SMILES string of the molecule is OCCOC1=CCC=C(CC2(c3ccc(OCCO)c(-c4ccccc4)c3)c3ccccc3-c3ccccc32)C=C1c1ccccc1. The van der Waals surface area contributed by atoms with Gasteiger partial charge in [-0.2, -0.15) is 0 Å². The fourth-order valence-corrected chi connectivity index (χ4v) is 7.16. The number of ether oxygens (including phenoxy) is 2. The van der Waals surface area contributed by atoms with Crippen molar-refractivity contribution in [2.45, 2.75) is 18.3 Å². The highest BCUT2D eigenvalue weighted by atomic mass is 16.5. The van der Waals surface area contributed by atoms with E-state index in [0.717, 1.165) is 40.2 Å². The van der Waals surface area contributed by atoms with E-state index < -0.39 is 5.41 Å². The summed E-state index contributed by atoms with van der Waals surface area (Å²) in [5, 5.41) is 19.2. The van der Waals surface area contributed by atoms with Crippen LogP contribution in [0.15, 0.2) is 157 Å². The quantitative estimate of drug-likeness (QED) is 0.155. The zero-order valence-electron chi connectivity index (χ0n) is 26.3. The van der Waals surface area contributed by atoms with Gasteiger partial charge in [-0.25, -0.2) is 0 Å². The Balaban J connectivity index is 1.44. The summed E-state index contributed by atoms with van der Waals surface area (Å²) in [5.41, 5.74) is 11.1. The molecule has 0 aromatic heterocycles. The molecule has 0 bridgehead atoms. The second kappa shape index (κ2) is 13.7. The summed E-state index contributed by atoms with van der Waals surface area (Å²) >= 11 is 0. The van der Waals surface area contributed by atoms with E-state index in [1.807, 2.05) is 36.4 Å². The highest BCUT2D eigenvalue weighted by molar-refractivity contribution is 5.86. The maximum Gasteiger partial charge on any atom is 0.127 e. The van der Waals surface area contributed by atoms with E-state index in [1.165, 1.54) is 33.4 Å². The molecule has 2 N–H and O–H groups in total. The Bertz CT molecular complexity index is 1910. The van der Waals surface area contributed by atoms with E-state index in [9.17, 15) is 10.2 Å². The van der Waals surface area contributed by atoms with Crippen LogP contribution in [0.4, 0.5) is 0 Å². The standard InChI is InChI=1S/C43H38O4/c44-24-26-46-41-21-11-12-31(28-37(41)32-13-3-1-4-14-32)30-43(39-19-9-7-17-35(39)36-18-8-10-20-40(36)43)34-22-23-42(47-27-25-45)38(29-34)33-15-5-2-6-16-33/h1-10,12-23,28-29,44-45H,11,24-27,30H2. The average Bonchev–Trinajstić information content (AvgIpc) is 3.26. The Morgan fingerprint density at radius 3 is 1.83 bits per heavy atom. The van der Waals surface area contributed by atoms with Crippen LogP contribution in [0, 0.1) is 0 Å². The van der Waals surface area contributed by atoms with Gasteiger partial charge >= 0.3 is 0 Å². The van der Waals surface area contributed by atoms with Crippen LogP contribution in [0.3, 0.4) is 0 Å². The van der Waals surface area contributed by atoms with Crippen LogP contribution in [0.25, 0.3) is 27.8 Å². The first-order valence-corrected chi connectivity index (χ1v) is 16.3. The van der Waals surface area contributed by atoms with Gasteiger partial charge in [-0.1, -0.05) is 121 Å². The van der Waals surface area contributed by atoms with Crippen LogP contribution in [-0.2, 0) is 10.2 Å². The summed E-state index contributed by atoms with van der Waals surface area (Å²) in [6.45, 7) is 0.369. The summed E-state index contributed by atoms with van der Waals surface area (Å²) < 4.78 is 12.2. The monoisotopic (exact) mass is 618 g/mol. The Kier molecular flexibility index (Phi) is 8.87. The molecule has 0 saturated carbocycles. The molecule has 0 saturated heterocycles. The van der Waals surface area contributed by atoms with E-state index in [-0.39, 0.29) is 26.4 Å². The number of aliphatic hydroxyl groups is 2. The summed E-state index contributed by atoms with van der Waals surface area (Å²) in [5.74, 6) is 1.54. The number of fused-ring (bicyclic) bond motifs is 3. The summed E-state index contributed by atoms with van der Waals surface area (Å²) in [6.07, 6.45) is 8.13. The molecule has 2 aliphatic carbocycles. The van der Waals surface area contributed by atoms with E-state index in [1.54, 1.807) is 0 Å². The largest absolute Gasteiger partial charge is 0.491 e. The van der Waals surface area contributed by atoms with Gasteiger partial charge in [-0.3, -0.25) is 0 Å². The first kappa shape index (κ1) is 30.5. The number of aliphatic hydroxyl groups excluding tert-OH is 2. The van der Waals surface area contributed by atoms with Crippen molar-refractivity contribution in [1.82, 2.24) is 0 Å². The van der Waals surface area contributed by atoms with E-state index in [2.05, 4.69) is 109 Å². The second-order valence-corrected chi connectivity index (χ2v) is 11.9. The van der Waals surface area contributed by atoms with Crippen molar-refractivity contribution < 1.29 is 19.7 Å². The lowest BCUT2D eigenvalue weighted by molar-refractivity contribution is 0.153. The maximum atomic E-state index is 9.59. The van der Waals surface area contributed by atoms with Crippen LogP contribution in [0.5, 0.6) is 5.75 Å². The minimum atomic E-state index is -0.493. The first-order chi connectivity index (χ1) is 23.2. The molecule has 0 spiro atoms. The minimum absolute atomic E-state index is 0.0435. The number of allylic oxidation sites excluding steroid dienone is 5. The molecular weight excluding hydrogens is 580 g/mol. The minimum Gasteiger partial charge on any atom is -0.491 e. The molecular formula is C43H38O4. The molecule has 0 aliphatic heterocycles. The van der Waals surface area contributed by atoms with Gasteiger partial charge in [0, 0.05) is 11.1 Å². The van der Waals surface area contributed by atoms with E-state index >= 15 is 0 Å². The van der Waals surface area contributed by atoms with E-state index in [4.69, 9.17) is 9.47 Å². The van der Waals surface area contributed by atoms with Gasteiger partial charge in [0.25, 0.3) is 0 Å². The average molecular weight is 619 g/mol. The molecule has 7 rings (SSSR count). The maximum absolute atomic E-state index is 9.59. The van der Waals surface area contributed by atoms with Crippen molar-refractivity contribution >= 4 is 5.57 Å². The third-order valence-corrected chi connectivity index (χ3v) is 9.15. The van der Waals surface area contributed by atoms with Crippen molar-refractivity contribution in [2.24, 2.45) is 0 Å². The lowest BCUT2D eigenvalue weighted by atomic mass is 9.68. The molecule has 4 nitrogen and oxygen atoms in total. The van der Waals surface area contributed by atoms with Crippen molar-refractivity contribution in [3.63, 3.8) is 0 Å². The predicted molar refractivity (Wildman–Crippen MR) is 189 cm³/mol. The number of hydrogen-bond donors (Lipinski definition) is 2. The summed E-state index contributed by atoms with van der Waals surface area (Å²) in [6, 6.07) is 44.8. The smallest absolute Gasteiger partial charge is 0.127 e. The molecule has 0 heterocycles. The Hall–Kier alpha value is -5.16. The van der Waals surface area contributed by atoms with Gasteiger partial charge in [0.1, 0.15) is 24.7 Å². The zero-order chi connectivity index (χ0) is 32.1. The van der Waals surface area contributed by atoms with Gasteiger partial charge in [0.05, 0.1) is 18.6 Å².